The van der Waals surface area contributed by atoms with Crippen LogP contribution in [0.4, 0.5) is 11.4 Å². The molecule has 2 amide bonds. The molecule has 4 rings (SSSR count). The van der Waals surface area contributed by atoms with E-state index in [-0.39, 0.29) is 11.8 Å². The number of carbonyl (C=O) groups is 3. The van der Waals surface area contributed by atoms with E-state index in [1.165, 1.54) is 5.06 Å². The Bertz CT molecular complexity index is 1370. The van der Waals surface area contributed by atoms with Crippen molar-refractivity contribution in [3.63, 3.8) is 0 Å². The van der Waals surface area contributed by atoms with Crippen LogP contribution >= 0.6 is 0 Å². The van der Waals surface area contributed by atoms with E-state index in [1.54, 1.807) is 37.4 Å². The fraction of sp³-hybridized carbons (Fsp3) is 0.207. The van der Waals surface area contributed by atoms with E-state index in [1.807, 2.05) is 62.3 Å². The molecule has 0 aliphatic carbocycles. The van der Waals surface area contributed by atoms with Crippen LogP contribution in [0.5, 0.6) is 0 Å². The van der Waals surface area contributed by atoms with Gasteiger partial charge in [0.25, 0.3) is 11.8 Å². The lowest BCUT2D eigenvalue weighted by molar-refractivity contribution is -0.110. The third kappa shape index (κ3) is 5.77. The smallest absolute Gasteiger partial charge is 0.277 e. The first-order valence-corrected chi connectivity index (χ1v) is 11.9. The third-order valence-corrected chi connectivity index (χ3v) is 6.07. The second-order valence-electron chi connectivity index (χ2n) is 9.09. The number of anilines is 2. The zero-order valence-electron chi connectivity index (χ0n) is 21.4. The minimum atomic E-state index is -0.260. The molecule has 8 heteroatoms. The molecule has 37 heavy (non-hydrogen) atoms. The fourth-order valence-electron chi connectivity index (χ4n) is 4.11. The van der Waals surface area contributed by atoms with Crippen LogP contribution in [0.1, 0.15) is 37.4 Å². The number of aldehydes is 1. The van der Waals surface area contributed by atoms with E-state index < -0.39 is 0 Å². The van der Waals surface area contributed by atoms with Crippen LogP contribution in [0, 0.1) is 6.92 Å². The minimum absolute atomic E-state index is 0.237. The van der Waals surface area contributed by atoms with Crippen LogP contribution in [0.15, 0.2) is 66.7 Å². The molecule has 0 fully saturated rings. The average molecular weight is 499 g/mol. The second-order valence-corrected chi connectivity index (χ2v) is 9.09. The summed E-state index contributed by atoms with van der Waals surface area (Å²) in [6.07, 6.45) is 0.751. The Kier molecular flexibility index (Phi) is 7.81. The first-order chi connectivity index (χ1) is 17.8. The van der Waals surface area contributed by atoms with Gasteiger partial charge in [0.1, 0.15) is 6.29 Å². The first kappa shape index (κ1) is 25.8. The molecule has 1 aliphatic heterocycles. The van der Waals surface area contributed by atoms with Crippen LogP contribution < -0.4 is 10.6 Å². The molecule has 1 aliphatic rings. The molecular formula is C29H30N4O4. The summed E-state index contributed by atoms with van der Waals surface area (Å²) in [5, 5.41) is 7.53. The van der Waals surface area contributed by atoms with E-state index in [0.717, 1.165) is 23.1 Å². The van der Waals surface area contributed by atoms with Gasteiger partial charge in [0.15, 0.2) is 0 Å². The average Bonchev–Trinajstić information content (AvgIpc) is 3.21. The predicted molar refractivity (Wildman–Crippen MR) is 145 cm³/mol. The standard InChI is InChI=1S/C29H30N4O4/c1-19-16-22(11-13-23(19)29(36)33(4)37-15-14-32(2)3)30-27(21-8-6-5-7-9-21)26-24-12-10-20(18-34)17-25(24)31-28(26)35/h5-13,16-18,30H,14-15H2,1-4H3,(H,31,35)/b27-26-. The molecule has 190 valence electrons. The lowest BCUT2D eigenvalue weighted by atomic mass is 9.99. The quantitative estimate of drug-likeness (QED) is 0.260. The van der Waals surface area contributed by atoms with E-state index in [4.69, 9.17) is 4.84 Å². The maximum Gasteiger partial charge on any atom is 0.277 e. The van der Waals surface area contributed by atoms with Crippen molar-refractivity contribution in [2.45, 2.75) is 6.92 Å². The Morgan fingerprint density at radius 3 is 2.46 bits per heavy atom. The summed E-state index contributed by atoms with van der Waals surface area (Å²) < 4.78 is 0. The van der Waals surface area contributed by atoms with Crippen LogP contribution in [0.2, 0.25) is 0 Å². The number of amides is 2. The number of nitrogens with one attached hydrogen (secondary N) is 2. The Balaban J connectivity index is 1.67. The van der Waals surface area contributed by atoms with Gasteiger partial charge in [0, 0.05) is 41.7 Å². The third-order valence-electron chi connectivity index (χ3n) is 6.07. The van der Waals surface area contributed by atoms with Gasteiger partial charge < -0.3 is 15.5 Å². The number of hydroxylamine groups is 2. The summed E-state index contributed by atoms with van der Waals surface area (Å²) in [6, 6.07) is 20.1. The Labute approximate surface area is 216 Å². The molecule has 0 unspecified atom stereocenters. The van der Waals surface area contributed by atoms with Crippen LogP contribution in [-0.4, -0.2) is 62.4 Å². The van der Waals surface area contributed by atoms with Gasteiger partial charge in [0.2, 0.25) is 0 Å². The molecule has 0 bridgehead atoms. The highest BCUT2D eigenvalue weighted by Gasteiger charge is 2.29. The van der Waals surface area contributed by atoms with Crippen LogP contribution in [0.25, 0.3) is 11.3 Å². The zero-order valence-corrected chi connectivity index (χ0v) is 21.4. The lowest BCUT2D eigenvalue weighted by Gasteiger charge is -2.20. The highest BCUT2D eigenvalue weighted by molar-refractivity contribution is 6.37. The lowest BCUT2D eigenvalue weighted by Crippen LogP contribution is -2.30. The van der Waals surface area contributed by atoms with Gasteiger partial charge in [-0.2, -0.15) is 0 Å². The SMILES string of the molecule is Cc1cc(N/C(=C2\C(=O)Nc3cc(C=O)ccc32)c2ccccc2)ccc1C(=O)N(C)OCCN(C)C. The Hall–Kier alpha value is -4.27. The molecule has 3 aromatic rings. The van der Waals surface area contributed by atoms with E-state index in [2.05, 4.69) is 10.6 Å². The largest absolute Gasteiger partial charge is 0.354 e. The molecular weight excluding hydrogens is 468 g/mol. The number of likely N-dealkylation sites (N-methyl/N-ethyl adjacent to an activating group) is 1. The van der Waals surface area contributed by atoms with E-state index in [9.17, 15) is 14.4 Å². The normalized spacial score (nSPS) is 13.7. The summed E-state index contributed by atoms with van der Waals surface area (Å²) >= 11 is 0. The Morgan fingerprint density at radius 2 is 1.78 bits per heavy atom. The van der Waals surface area contributed by atoms with Gasteiger partial charge in [0.05, 0.1) is 17.9 Å². The predicted octanol–water partition coefficient (Wildman–Crippen LogP) is 4.31. The summed E-state index contributed by atoms with van der Waals surface area (Å²) in [4.78, 5) is 44.8. The molecule has 0 radical (unpaired) electrons. The van der Waals surface area contributed by atoms with Crippen molar-refractivity contribution < 1.29 is 19.2 Å². The number of hydrogen-bond donors (Lipinski definition) is 2. The summed E-state index contributed by atoms with van der Waals surface area (Å²) in [7, 11) is 5.49. The number of aryl methyl sites for hydroxylation is 1. The number of carbonyl (C=O) groups excluding carboxylic acids is 3. The highest BCUT2D eigenvalue weighted by Crippen LogP contribution is 2.38. The summed E-state index contributed by atoms with van der Waals surface area (Å²) in [6.45, 7) is 2.96. The van der Waals surface area contributed by atoms with Crippen molar-refractivity contribution in [3.05, 3.63) is 94.5 Å². The van der Waals surface area contributed by atoms with Gasteiger partial charge in [-0.1, -0.05) is 42.5 Å². The van der Waals surface area contributed by atoms with Gasteiger partial charge in [-0.15, -0.1) is 0 Å². The molecule has 1 heterocycles. The molecule has 0 atom stereocenters. The van der Waals surface area contributed by atoms with Gasteiger partial charge in [-0.3, -0.25) is 19.2 Å². The van der Waals surface area contributed by atoms with Gasteiger partial charge in [-0.05, 0) is 56.4 Å². The molecule has 2 N–H and O–H groups in total. The molecule has 0 saturated carbocycles. The highest BCUT2D eigenvalue weighted by atomic mass is 16.7. The molecule has 0 spiro atoms. The molecule has 3 aromatic carbocycles. The van der Waals surface area contributed by atoms with Crippen LogP contribution in [0.3, 0.4) is 0 Å². The molecule has 8 nitrogen and oxygen atoms in total. The van der Waals surface area contributed by atoms with Crippen molar-refractivity contribution >= 4 is 40.7 Å². The van der Waals surface area contributed by atoms with E-state index in [0.29, 0.717) is 46.8 Å². The molecule has 0 aromatic heterocycles. The Morgan fingerprint density at radius 1 is 1.03 bits per heavy atom. The zero-order chi connectivity index (χ0) is 26.5. The van der Waals surface area contributed by atoms with Gasteiger partial charge >= 0.3 is 0 Å². The first-order valence-electron chi connectivity index (χ1n) is 11.9. The second kappa shape index (κ2) is 11.2. The monoisotopic (exact) mass is 498 g/mol. The van der Waals surface area contributed by atoms with Crippen molar-refractivity contribution in [1.29, 1.82) is 0 Å². The topological polar surface area (TPSA) is 91.0 Å². The van der Waals surface area contributed by atoms with Crippen LogP contribution in [-0.2, 0) is 9.63 Å². The van der Waals surface area contributed by atoms with Crippen molar-refractivity contribution in [1.82, 2.24) is 9.96 Å². The number of hydrogen-bond acceptors (Lipinski definition) is 6. The maximum absolute atomic E-state index is 13.1. The molecule has 0 saturated heterocycles. The number of fused-ring (bicyclic) bond motifs is 1. The number of nitrogens with zero attached hydrogens (tertiary/aromatic N) is 2. The minimum Gasteiger partial charge on any atom is -0.354 e. The number of benzene rings is 3. The van der Waals surface area contributed by atoms with E-state index >= 15 is 0 Å². The fourth-order valence-corrected chi connectivity index (χ4v) is 4.11. The summed E-state index contributed by atoms with van der Waals surface area (Å²) in [5.41, 5.74) is 5.73. The maximum atomic E-state index is 13.1. The van der Waals surface area contributed by atoms with Crippen molar-refractivity contribution in [3.8, 4) is 0 Å². The van der Waals surface area contributed by atoms with Gasteiger partial charge in [-0.25, -0.2) is 5.06 Å². The van der Waals surface area contributed by atoms with Crippen molar-refractivity contribution in [2.24, 2.45) is 0 Å². The summed E-state index contributed by atoms with van der Waals surface area (Å²) in [5.74, 6) is -0.496. The van der Waals surface area contributed by atoms with Crippen molar-refractivity contribution in [2.75, 3.05) is 44.9 Å². The number of rotatable bonds is 9.